The van der Waals surface area contributed by atoms with Gasteiger partial charge >= 0.3 is 5.97 Å². The van der Waals surface area contributed by atoms with Gasteiger partial charge in [0.15, 0.2) is 0 Å². The van der Waals surface area contributed by atoms with Gasteiger partial charge in [-0.25, -0.2) is 4.79 Å². The summed E-state index contributed by atoms with van der Waals surface area (Å²) in [5, 5.41) is 9.25. The van der Waals surface area contributed by atoms with Gasteiger partial charge in [-0.2, -0.15) is 0 Å². The number of carboxylic acids is 1. The lowest BCUT2D eigenvalue weighted by molar-refractivity contribution is -0.0847. The van der Waals surface area contributed by atoms with E-state index in [0.717, 1.165) is 12.0 Å². The van der Waals surface area contributed by atoms with E-state index in [4.69, 9.17) is 9.47 Å². The van der Waals surface area contributed by atoms with Crippen molar-refractivity contribution in [1.82, 2.24) is 0 Å². The minimum absolute atomic E-state index is 0.169. The van der Waals surface area contributed by atoms with Crippen molar-refractivity contribution < 1.29 is 19.4 Å². The van der Waals surface area contributed by atoms with Gasteiger partial charge in [0, 0.05) is 6.42 Å². The third-order valence-corrected chi connectivity index (χ3v) is 3.63. The van der Waals surface area contributed by atoms with Crippen LogP contribution in [0.15, 0.2) is 18.2 Å². The minimum atomic E-state index is -0.976. The van der Waals surface area contributed by atoms with Crippen molar-refractivity contribution in [2.24, 2.45) is 0 Å². The molecule has 1 unspecified atom stereocenters. The summed E-state index contributed by atoms with van der Waals surface area (Å²) < 4.78 is 12.0. The topological polar surface area (TPSA) is 55.8 Å². The predicted octanol–water partition coefficient (Wildman–Crippen LogP) is 3.42. The molecule has 1 aliphatic heterocycles. The van der Waals surface area contributed by atoms with E-state index in [-0.39, 0.29) is 17.3 Å². The van der Waals surface area contributed by atoms with Gasteiger partial charge in [-0.3, -0.25) is 0 Å². The first-order chi connectivity index (χ1) is 9.11. The third-order valence-electron chi connectivity index (χ3n) is 3.63. The molecule has 1 heterocycles. The average molecular weight is 278 g/mol. The minimum Gasteiger partial charge on any atom is -0.486 e. The van der Waals surface area contributed by atoms with Gasteiger partial charge in [-0.05, 0) is 52.3 Å². The molecule has 1 saturated heterocycles. The Morgan fingerprint density at radius 3 is 2.50 bits per heavy atom. The van der Waals surface area contributed by atoms with Gasteiger partial charge in [0.1, 0.15) is 23.0 Å². The SMILES string of the molecule is Cc1ccc(C(=O)O)c(OC2CC(C)(C)OC2(C)C)c1. The molecule has 0 aromatic heterocycles. The maximum Gasteiger partial charge on any atom is 0.339 e. The molecule has 4 heteroatoms. The van der Waals surface area contributed by atoms with E-state index in [0.29, 0.717) is 5.75 Å². The Morgan fingerprint density at radius 2 is 2.00 bits per heavy atom. The molecule has 1 aromatic rings. The first-order valence-corrected chi connectivity index (χ1v) is 6.81. The molecule has 2 rings (SSSR count). The molecular formula is C16H22O4. The highest BCUT2D eigenvalue weighted by atomic mass is 16.6. The number of carboxylic acid groups (broad SMARTS) is 1. The van der Waals surface area contributed by atoms with E-state index in [9.17, 15) is 9.90 Å². The normalized spacial score (nSPS) is 23.6. The zero-order valence-corrected chi connectivity index (χ0v) is 12.7. The lowest BCUT2D eigenvalue weighted by atomic mass is 9.97. The summed E-state index contributed by atoms with van der Waals surface area (Å²) >= 11 is 0. The summed E-state index contributed by atoms with van der Waals surface area (Å²) in [5.41, 5.74) is 0.460. The fraction of sp³-hybridized carbons (Fsp3) is 0.562. The number of hydrogen-bond donors (Lipinski definition) is 1. The van der Waals surface area contributed by atoms with Crippen molar-refractivity contribution in [3.8, 4) is 5.75 Å². The molecule has 0 spiro atoms. The summed E-state index contributed by atoms with van der Waals surface area (Å²) in [6, 6.07) is 5.13. The Balaban J connectivity index is 2.30. The molecule has 0 amide bonds. The van der Waals surface area contributed by atoms with Crippen LogP contribution in [0.25, 0.3) is 0 Å². The van der Waals surface area contributed by atoms with Crippen LogP contribution in [0.2, 0.25) is 0 Å². The highest BCUT2D eigenvalue weighted by molar-refractivity contribution is 5.91. The first-order valence-electron chi connectivity index (χ1n) is 6.81. The number of benzene rings is 1. The predicted molar refractivity (Wildman–Crippen MR) is 76.4 cm³/mol. The van der Waals surface area contributed by atoms with Crippen molar-refractivity contribution in [1.29, 1.82) is 0 Å². The van der Waals surface area contributed by atoms with Crippen molar-refractivity contribution in [3.63, 3.8) is 0 Å². The highest BCUT2D eigenvalue weighted by Gasteiger charge is 2.47. The Morgan fingerprint density at radius 1 is 1.35 bits per heavy atom. The number of ether oxygens (including phenoxy) is 2. The molecule has 0 radical (unpaired) electrons. The van der Waals surface area contributed by atoms with Crippen molar-refractivity contribution in [2.75, 3.05) is 0 Å². The smallest absolute Gasteiger partial charge is 0.339 e. The molecule has 1 atom stereocenters. The van der Waals surface area contributed by atoms with Crippen LogP contribution in [0.5, 0.6) is 5.75 Å². The zero-order chi connectivity index (χ0) is 15.1. The fourth-order valence-electron chi connectivity index (χ4n) is 2.75. The molecule has 4 nitrogen and oxygen atoms in total. The lowest BCUT2D eigenvalue weighted by Gasteiger charge is -2.28. The number of hydrogen-bond acceptors (Lipinski definition) is 3. The molecule has 0 aliphatic carbocycles. The van der Waals surface area contributed by atoms with E-state index in [1.165, 1.54) is 0 Å². The number of rotatable bonds is 3. The van der Waals surface area contributed by atoms with Crippen molar-refractivity contribution >= 4 is 5.97 Å². The summed E-state index contributed by atoms with van der Waals surface area (Å²) in [6.07, 6.45) is 0.560. The molecular weight excluding hydrogens is 256 g/mol. The van der Waals surface area contributed by atoms with E-state index in [2.05, 4.69) is 0 Å². The van der Waals surface area contributed by atoms with Crippen molar-refractivity contribution in [2.45, 2.75) is 58.3 Å². The maximum atomic E-state index is 11.3. The fourth-order valence-corrected chi connectivity index (χ4v) is 2.75. The van der Waals surface area contributed by atoms with Gasteiger partial charge in [0.2, 0.25) is 0 Å². The monoisotopic (exact) mass is 278 g/mol. The van der Waals surface area contributed by atoms with Gasteiger partial charge in [0.05, 0.1) is 5.60 Å². The lowest BCUT2D eigenvalue weighted by Crippen LogP contribution is -2.37. The number of aryl methyl sites for hydroxylation is 1. The van der Waals surface area contributed by atoms with Crippen LogP contribution in [0.3, 0.4) is 0 Å². The van der Waals surface area contributed by atoms with Crippen LogP contribution < -0.4 is 4.74 Å². The molecule has 1 aliphatic rings. The van der Waals surface area contributed by atoms with Gasteiger partial charge in [0.25, 0.3) is 0 Å². The van der Waals surface area contributed by atoms with Crippen LogP contribution in [0.4, 0.5) is 0 Å². The molecule has 1 fully saturated rings. The standard InChI is InChI=1S/C16H22O4/c1-10-6-7-11(14(17)18)12(8-10)19-13-9-15(2,3)20-16(13,4)5/h6-8,13H,9H2,1-5H3,(H,17,18). The van der Waals surface area contributed by atoms with E-state index in [1.807, 2.05) is 34.6 Å². The van der Waals surface area contributed by atoms with E-state index in [1.54, 1.807) is 18.2 Å². The molecule has 0 saturated carbocycles. The summed E-state index contributed by atoms with van der Waals surface area (Å²) in [5.74, 6) is -0.562. The van der Waals surface area contributed by atoms with Gasteiger partial charge in [-0.1, -0.05) is 6.07 Å². The van der Waals surface area contributed by atoms with Gasteiger partial charge in [-0.15, -0.1) is 0 Å². The second-order valence-electron chi connectivity index (χ2n) is 6.58. The first kappa shape index (κ1) is 14.9. The third kappa shape index (κ3) is 2.96. The van der Waals surface area contributed by atoms with E-state index >= 15 is 0 Å². The maximum absolute atomic E-state index is 11.3. The summed E-state index contributed by atoms with van der Waals surface area (Å²) in [6.45, 7) is 9.91. The molecule has 110 valence electrons. The molecule has 1 N–H and O–H groups in total. The Labute approximate surface area is 119 Å². The summed E-state index contributed by atoms with van der Waals surface area (Å²) in [7, 11) is 0. The Hall–Kier alpha value is -1.55. The Bertz CT molecular complexity index is 531. The van der Waals surface area contributed by atoms with Gasteiger partial charge < -0.3 is 14.6 Å². The second-order valence-corrected chi connectivity index (χ2v) is 6.58. The zero-order valence-electron chi connectivity index (χ0n) is 12.7. The Kier molecular flexibility index (Phi) is 3.54. The van der Waals surface area contributed by atoms with Crippen LogP contribution in [0.1, 0.15) is 50.0 Å². The molecule has 20 heavy (non-hydrogen) atoms. The number of aromatic carboxylic acids is 1. The van der Waals surface area contributed by atoms with Crippen molar-refractivity contribution in [3.05, 3.63) is 29.3 Å². The molecule has 1 aromatic carbocycles. The van der Waals surface area contributed by atoms with Crippen LogP contribution >= 0.6 is 0 Å². The number of carbonyl (C=O) groups is 1. The van der Waals surface area contributed by atoms with Crippen LogP contribution in [-0.2, 0) is 4.74 Å². The summed E-state index contributed by atoms with van der Waals surface area (Å²) in [4.78, 5) is 11.3. The largest absolute Gasteiger partial charge is 0.486 e. The van der Waals surface area contributed by atoms with Crippen LogP contribution in [-0.4, -0.2) is 28.4 Å². The van der Waals surface area contributed by atoms with Crippen LogP contribution in [0, 0.1) is 6.92 Å². The second kappa shape index (κ2) is 4.77. The highest BCUT2D eigenvalue weighted by Crippen LogP contribution is 2.40. The molecule has 0 bridgehead atoms. The quantitative estimate of drug-likeness (QED) is 0.920. The average Bonchev–Trinajstić information content (AvgIpc) is 2.46. The van der Waals surface area contributed by atoms with E-state index < -0.39 is 11.6 Å².